The molecule has 0 aliphatic rings. The highest BCUT2D eigenvalue weighted by atomic mass is 32.1. The zero-order chi connectivity index (χ0) is 14.4. The third-order valence-electron chi connectivity index (χ3n) is 3.19. The minimum atomic E-state index is 0.144. The fraction of sp³-hybridized carbons (Fsp3) is 0.312. The molecule has 0 bridgehead atoms. The average Bonchev–Trinajstić information content (AvgIpc) is 2.99. The number of nitrogens with zero attached hydrogens (tertiary/aromatic N) is 1. The molecule has 2 aromatic rings. The van der Waals surface area contributed by atoms with Crippen LogP contribution in [0.2, 0.25) is 0 Å². The molecular weight excluding hydrogens is 270 g/mol. The molecule has 0 N–H and O–H groups in total. The van der Waals surface area contributed by atoms with Crippen LogP contribution in [0.3, 0.4) is 0 Å². The van der Waals surface area contributed by atoms with Gasteiger partial charge < -0.3 is 4.74 Å². The number of carbonyl (C=O) groups excluding carboxylic acids is 1. The number of Topliss-reactive ketones (excluding diaryl/α,β-unsaturated/α-hetero) is 1. The predicted octanol–water partition coefficient (Wildman–Crippen LogP) is 3.46. The highest BCUT2D eigenvalue weighted by Crippen LogP contribution is 2.14. The lowest BCUT2D eigenvalue weighted by molar-refractivity contribution is 0.0930. The van der Waals surface area contributed by atoms with Crippen molar-refractivity contribution in [1.29, 1.82) is 0 Å². The van der Waals surface area contributed by atoms with Crippen molar-refractivity contribution in [3.63, 3.8) is 0 Å². The lowest BCUT2D eigenvalue weighted by atomic mass is 10.1. The fourth-order valence-electron chi connectivity index (χ4n) is 1.97. The maximum atomic E-state index is 12.3. The molecule has 1 aromatic carbocycles. The zero-order valence-corrected chi connectivity index (χ0v) is 12.7. The summed E-state index contributed by atoms with van der Waals surface area (Å²) in [6.45, 7) is 4.21. The first-order valence-electron chi connectivity index (χ1n) is 6.65. The number of thiophene rings is 1. The summed E-state index contributed by atoms with van der Waals surface area (Å²) in [4.78, 5) is 15.7. The summed E-state index contributed by atoms with van der Waals surface area (Å²) in [6.07, 6.45) is 0. The molecule has 0 aliphatic carbocycles. The van der Waals surface area contributed by atoms with Gasteiger partial charge in [-0.25, -0.2) is 0 Å². The Morgan fingerprint density at radius 1 is 1.25 bits per heavy atom. The highest BCUT2D eigenvalue weighted by Gasteiger charge is 2.12. The molecule has 0 spiro atoms. The number of hydrogen-bond acceptors (Lipinski definition) is 4. The molecule has 20 heavy (non-hydrogen) atoms. The van der Waals surface area contributed by atoms with Gasteiger partial charge in [0.2, 0.25) is 0 Å². The van der Waals surface area contributed by atoms with Crippen LogP contribution >= 0.6 is 11.3 Å². The van der Waals surface area contributed by atoms with Crippen LogP contribution in [0.5, 0.6) is 5.75 Å². The van der Waals surface area contributed by atoms with Crippen molar-refractivity contribution in [2.45, 2.75) is 13.5 Å². The smallest absolute Gasteiger partial charge is 0.176 e. The zero-order valence-electron chi connectivity index (χ0n) is 11.8. The standard InChI is InChI=1S/C16H19NO2S/c1-3-17(11-15-5-4-10-20-15)12-16(18)13-6-8-14(19-2)9-7-13/h4-10H,3,11-12H2,1-2H3. The Hall–Kier alpha value is -1.65. The first kappa shape index (κ1) is 14.8. The molecule has 1 aromatic heterocycles. The Kier molecular flexibility index (Phi) is 5.32. The van der Waals surface area contributed by atoms with Crippen LogP contribution in [0.4, 0.5) is 0 Å². The SMILES string of the molecule is CCN(CC(=O)c1ccc(OC)cc1)Cc1cccs1. The topological polar surface area (TPSA) is 29.5 Å². The van der Waals surface area contributed by atoms with Gasteiger partial charge in [-0.3, -0.25) is 9.69 Å². The number of hydrogen-bond donors (Lipinski definition) is 0. The fourth-order valence-corrected chi connectivity index (χ4v) is 2.72. The first-order chi connectivity index (χ1) is 9.72. The number of ether oxygens (including phenoxy) is 1. The van der Waals surface area contributed by atoms with E-state index in [1.54, 1.807) is 18.4 Å². The van der Waals surface area contributed by atoms with E-state index in [-0.39, 0.29) is 5.78 Å². The summed E-state index contributed by atoms with van der Waals surface area (Å²) in [6, 6.07) is 11.4. The maximum absolute atomic E-state index is 12.3. The van der Waals surface area contributed by atoms with Crippen LogP contribution in [0.25, 0.3) is 0 Å². The van der Waals surface area contributed by atoms with Gasteiger partial charge in [0, 0.05) is 17.0 Å². The van der Waals surface area contributed by atoms with Crippen molar-refractivity contribution in [2.24, 2.45) is 0 Å². The molecule has 0 amide bonds. The molecule has 4 heteroatoms. The summed E-state index contributed by atoms with van der Waals surface area (Å²) < 4.78 is 5.10. The van der Waals surface area contributed by atoms with Gasteiger partial charge in [0.25, 0.3) is 0 Å². The second-order valence-electron chi connectivity index (χ2n) is 4.53. The van der Waals surface area contributed by atoms with Gasteiger partial charge in [-0.05, 0) is 42.3 Å². The predicted molar refractivity (Wildman–Crippen MR) is 82.6 cm³/mol. The van der Waals surface area contributed by atoms with E-state index < -0.39 is 0 Å². The monoisotopic (exact) mass is 289 g/mol. The Bertz CT molecular complexity index is 534. The molecule has 1 heterocycles. The second kappa shape index (κ2) is 7.22. The molecule has 0 fully saturated rings. The van der Waals surface area contributed by atoms with Gasteiger partial charge in [0.15, 0.2) is 5.78 Å². The molecule has 2 rings (SSSR count). The molecule has 106 valence electrons. The van der Waals surface area contributed by atoms with Gasteiger partial charge in [-0.2, -0.15) is 0 Å². The summed E-state index contributed by atoms with van der Waals surface area (Å²) >= 11 is 1.72. The van der Waals surface area contributed by atoms with Crippen LogP contribution in [-0.4, -0.2) is 30.9 Å². The largest absolute Gasteiger partial charge is 0.497 e. The minimum absolute atomic E-state index is 0.144. The summed E-state index contributed by atoms with van der Waals surface area (Å²) in [5.74, 6) is 0.915. The highest BCUT2D eigenvalue weighted by molar-refractivity contribution is 7.09. The third kappa shape index (κ3) is 3.92. The van der Waals surface area contributed by atoms with E-state index in [4.69, 9.17) is 4.74 Å². The second-order valence-corrected chi connectivity index (χ2v) is 5.57. The Morgan fingerprint density at radius 2 is 2.00 bits per heavy atom. The molecule has 0 saturated carbocycles. The van der Waals surface area contributed by atoms with Crippen LogP contribution < -0.4 is 4.74 Å². The maximum Gasteiger partial charge on any atom is 0.176 e. The van der Waals surface area contributed by atoms with Gasteiger partial charge in [0.1, 0.15) is 5.75 Å². The lowest BCUT2D eigenvalue weighted by Crippen LogP contribution is -2.29. The number of ketones is 1. The number of methoxy groups -OCH3 is 1. The van der Waals surface area contributed by atoms with Crippen molar-refractivity contribution in [2.75, 3.05) is 20.2 Å². The molecule has 0 radical (unpaired) electrons. The van der Waals surface area contributed by atoms with E-state index in [1.807, 2.05) is 30.3 Å². The van der Waals surface area contributed by atoms with E-state index >= 15 is 0 Å². The van der Waals surface area contributed by atoms with Crippen molar-refractivity contribution in [3.05, 3.63) is 52.2 Å². The van der Waals surface area contributed by atoms with Crippen molar-refractivity contribution in [1.82, 2.24) is 4.90 Å². The van der Waals surface area contributed by atoms with Crippen molar-refractivity contribution < 1.29 is 9.53 Å². The Labute approximate surface area is 123 Å². The molecule has 3 nitrogen and oxygen atoms in total. The average molecular weight is 289 g/mol. The van der Waals surface area contributed by atoms with Gasteiger partial charge in [0.05, 0.1) is 13.7 Å². The van der Waals surface area contributed by atoms with Gasteiger partial charge in [-0.15, -0.1) is 11.3 Å². The van der Waals surface area contributed by atoms with E-state index in [2.05, 4.69) is 23.3 Å². The molecule has 0 unspecified atom stereocenters. The molecule has 0 aliphatic heterocycles. The van der Waals surface area contributed by atoms with E-state index in [0.29, 0.717) is 6.54 Å². The number of rotatable bonds is 7. The Balaban J connectivity index is 1.97. The van der Waals surface area contributed by atoms with Gasteiger partial charge >= 0.3 is 0 Å². The van der Waals surface area contributed by atoms with Crippen LogP contribution in [0, 0.1) is 0 Å². The van der Waals surface area contributed by atoms with E-state index in [1.165, 1.54) is 4.88 Å². The summed E-state index contributed by atoms with van der Waals surface area (Å²) in [5, 5.41) is 2.06. The normalized spacial score (nSPS) is 10.8. The molecular formula is C16H19NO2S. The van der Waals surface area contributed by atoms with E-state index in [9.17, 15) is 4.79 Å². The van der Waals surface area contributed by atoms with Crippen molar-refractivity contribution >= 4 is 17.1 Å². The van der Waals surface area contributed by atoms with E-state index in [0.717, 1.165) is 24.4 Å². The van der Waals surface area contributed by atoms with Gasteiger partial charge in [-0.1, -0.05) is 13.0 Å². The van der Waals surface area contributed by atoms with Crippen LogP contribution in [0.15, 0.2) is 41.8 Å². The third-order valence-corrected chi connectivity index (χ3v) is 4.05. The lowest BCUT2D eigenvalue weighted by Gasteiger charge is -2.18. The number of likely N-dealkylation sites (N-methyl/N-ethyl adjacent to an activating group) is 1. The minimum Gasteiger partial charge on any atom is -0.497 e. The molecule has 0 saturated heterocycles. The van der Waals surface area contributed by atoms with Crippen LogP contribution in [0.1, 0.15) is 22.2 Å². The number of benzene rings is 1. The first-order valence-corrected chi connectivity index (χ1v) is 7.53. The Morgan fingerprint density at radius 3 is 2.55 bits per heavy atom. The van der Waals surface area contributed by atoms with Crippen molar-refractivity contribution in [3.8, 4) is 5.75 Å². The van der Waals surface area contributed by atoms with Crippen LogP contribution in [-0.2, 0) is 6.54 Å². The number of carbonyl (C=O) groups is 1. The summed E-state index contributed by atoms with van der Waals surface area (Å²) in [5.41, 5.74) is 0.732. The quantitative estimate of drug-likeness (QED) is 0.731. The summed E-state index contributed by atoms with van der Waals surface area (Å²) in [7, 11) is 1.62. The molecule has 0 atom stereocenters.